The van der Waals surface area contributed by atoms with Crippen LogP contribution in [0.5, 0.6) is 0 Å². The second-order valence-corrected chi connectivity index (χ2v) is 23.6. The van der Waals surface area contributed by atoms with Crippen molar-refractivity contribution in [1.29, 1.82) is 0 Å². The Labute approximate surface area is 327 Å². The molecule has 16 fully saturated rings. The fraction of sp³-hybridized carbons (Fsp3) is 0.741. The summed E-state index contributed by atoms with van der Waals surface area (Å²) in [5.41, 5.74) is 5.29. The predicted octanol–water partition coefficient (Wildman–Crippen LogP) is 11.8. The van der Waals surface area contributed by atoms with Gasteiger partial charge in [0, 0.05) is 38.9 Å². The maximum atomic E-state index is 4.14. The van der Waals surface area contributed by atoms with E-state index < -0.39 is 0 Å². The van der Waals surface area contributed by atoms with Gasteiger partial charge in [0.2, 0.25) is 0 Å². The third-order valence-corrected chi connectivity index (χ3v) is 19.1. The first-order chi connectivity index (χ1) is 26.3. The van der Waals surface area contributed by atoms with Gasteiger partial charge in [-0.2, -0.15) is 0 Å². The lowest BCUT2D eigenvalue weighted by Crippen LogP contribution is -2.45. The molecule has 0 heteroatoms. The van der Waals surface area contributed by atoms with E-state index in [9.17, 15) is 0 Å². The van der Waals surface area contributed by atoms with E-state index in [4.69, 9.17) is 0 Å². The first-order valence-corrected chi connectivity index (χ1v) is 23.5. The zero-order valence-electron chi connectivity index (χ0n) is 33.0. The van der Waals surface area contributed by atoms with Crippen LogP contribution >= 0.6 is 0 Å². The van der Waals surface area contributed by atoms with Gasteiger partial charge in [0.25, 0.3) is 0 Å². The Kier molecular flexibility index (Phi) is 6.95. The van der Waals surface area contributed by atoms with Gasteiger partial charge >= 0.3 is 0 Å². The highest BCUT2D eigenvalue weighted by molar-refractivity contribution is 5.66. The fourth-order valence-corrected chi connectivity index (χ4v) is 18.8. The number of hydrogen-bond donors (Lipinski definition) is 0. The van der Waals surface area contributed by atoms with Crippen molar-refractivity contribution in [3.05, 3.63) is 34.4 Å². The van der Waals surface area contributed by atoms with Crippen LogP contribution in [0.3, 0.4) is 0 Å². The van der Waals surface area contributed by atoms with Crippen molar-refractivity contribution in [2.75, 3.05) is 0 Å². The lowest BCUT2D eigenvalue weighted by Gasteiger charge is -2.54. The molecule has 0 spiro atoms. The van der Waals surface area contributed by atoms with Crippen molar-refractivity contribution < 1.29 is 0 Å². The zero-order chi connectivity index (χ0) is 35.3. The highest BCUT2D eigenvalue weighted by atomic mass is 14.6. The third kappa shape index (κ3) is 5.41. The maximum absolute atomic E-state index is 4.14. The lowest BCUT2D eigenvalue weighted by molar-refractivity contribution is -0.0183. The quantitative estimate of drug-likeness (QED) is 0.235. The maximum Gasteiger partial charge on any atom is 0.0577 e. The largest absolute Gasteiger partial charge is 0.0910 e. The van der Waals surface area contributed by atoms with E-state index in [1.807, 2.05) is 0 Å². The summed E-state index contributed by atoms with van der Waals surface area (Å²) >= 11 is 0. The molecule has 0 saturated heterocycles. The van der Waals surface area contributed by atoms with Gasteiger partial charge in [-0.3, -0.25) is 0 Å². The number of hydrogen-bond acceptors (Lipinski definition) is 0. The summed E-state index contributed by atoms with van der Waals surface area (Å²) in [6, 6.07) is 6.09. The Hall–Kier alpha value is -2.54. The van der Waals surface area contributed by atoms with Crippen LogP contribution in [0.4, 0.5) is 0 Å². The molecule has 0 aliphatic heterocycles. The molecular weight excluding hydrogens is 649 g/mol. The van der Waals surface area contributed by atoms with Gasteiger partial charge in [-0.1, -0.05) is 47.4 Å². The summed E-state index contributed by atoms with van der Waals surface area (Å²) in [4.78, 5) is 0. The molecule has 277 valence electrons. The second-order valence-electron chi connectivity index (χ2n) is 23.6. The van der Waals surface area contributed by atoms with E-state index in [2.05, 4.69) is 59.5 Å². The summed E-state index contributed by atoms with van der Waals surface area (Å²) in [6.07, 6.45) is 33.5. The molecule has 0 heterocycles. The van der Waals surface area contributed by atoms with E-state index in [1.54, 1.807) is 0 Å². The molecule has 16 aliphatic rings. The monoisotopic (exact) mass is 709 g/mol. The lowest BCUT2D eigenvalue weighted by atomic mass is 9.50. The Balaban J connectivity index is 0.960. The van der Waals surface area contributed by atoms with Crippen LogP contribution in [0.15, 0.2) is 6.07 Å². The van der Waals surface area contributed by atoms with Gasteiger partial charge in [-0.15, -0.1) is 0 Å². The van der Waals surface area contributed by atoms with Crippen LogP contribution in [0.1, 0.15) is 176 Å². The van der Waals surface area contributed by atoms with Crippen LogP contribution in [0.2, 0.25) is 0 Å². The SMILES string of the molecule is C(#CC12CC3CC(CC(C3)C1)C2)c1[c]cc(C#CC23CC4CC(CC(C4)C2)C3)c(C#CC23CC4CC(CC(C4)C2)C3)c1C#CC12CC3CC(CC(C3)C1)C2. The van der Waals surface area contributed by atoms with Gasteiger partial charge < -0.3 is 0 Å². The first kappa shape index (κ1) is 32.5. The molecule has 0 aromatic heterocycles. The Bertz CT molecular complexity index is 1750. The Morgan fingerprint density at radius 3 is 0.907 bits per heavy atom. The first-order valence-electron chi connectivity index (χ1n) is 23.5. The van der Waals surface area contributed by atoms with Gasteiger partial charge in [-0.05, 0) is 231 Å². The summed E-state index contributed by atoms with van der Waals surface area (Å²) in [6.45, 7) is 0. The molecule has 16 aliphatic carbocycles. The second kappa shape index (κ2) is 11.5. The molecular formula is C54H61. The molecule has 1 radical (unpaired) electrons. The Morgan fingerprint density at radius 1 is 0.333 bits per heavy atom. The molecule has 16 bridgehead atoms. The van der Waals surface area contributed by atoms with Crippen LogP contribution in [0, 0.1) is 146 Å². The van der Waals surface area contributed by atoms with E-state index in [-0.39, 0.29) is 21.7 Å². The van der Waals surface area contributed by atoms with E-state index in [0.717, 1.165) is 93.3 Å². The minimum atomic E-state index is 0.199. The molecule has 0 nitrogen and oxygen atoms in total. The Morgan fingerprint density at radius 2 is 0.593 bits per heavy atom. The molecule has 0 amide bonds. The summed E-state index contributed by atoms with van der Waals surface area (Å²) in [5, 5.41) is 0. The molecule has 16 saturated carbocycles. The summed E-state index contributed by atoms with van der Waals surface area (Å²) in [5.74, 6) is 43.3. The van der Waals surface area contributed by atoms with Crippen molar-refractivity contribution in [2.24, 2.45) is 92.7 Å². The van der Waals surface area contributed by atoms with Crippen molar-refractivity contribution in [3.8, 4) is 47.4 Å². The topological polar surface area (TPSA) is 0 Å². The van der Waals surface area contributed by atoms with Crippen molar-refractivity contribution in [2.45, 2.75) is 154 Å². The molecule has 1 aromatic carbocycles. The van der Waals surface area contributed by atoms with Crippen molar-refractivity contribution >= 4 is 0 Å². The zero-order valence-corrected chi connectivity index (χ0v) is 33.0. The fourth-order valence-electron chi connectivity index (χ4n) is 18.8. The van der Waals surface area contributed by atoms with E-state index in [1.165, 1.54) is 154 Å². The predicted molar refractivity (Wildman–Crippen MR) is 215 cm³/mol. The van der Waals surface area contributed by atoms with Gasteiger partial charge in [0.15, 0.2) is 0 Å². The normalized spacial score (nSPS) is 51.1. The molecule has 54 heavy (non-hydrogen) atoms. The third-order valence-electron chi connectivity index (χ3n) is 19.1. The van der Waals surface area contributed by atoms with Crippen molar-refractivity contribution in [1.82, 2.24) is 0 Å². The number of rotatable bonds is 0. The average molecular weight is 710 g/mol. The number of benzene rings is 1. The van der Waals surface area contributed by atoms with Gasteiger partial charge in [0.1, 0.15) is 0 Å². The average Bonchev–Trinajstić information content (AvgIpc) is 3.10. The minimum absolute atomic E-state index is 0.199. The summed E-state index contributed by atoms with van der Waals surface area (Å²) < 4.78 is 0. The van der Waals surface area contributed by atoms with E-state index in [0.29, 0.717) is 0 Å². The molecule has 0 N–H and O–H groups in total. The van der Waals surface area contributed by atoms with Crippen LogP contribution in [-0.4, -0.2) is 0 Å². The highest BCUT2D eigenvalue weighted by Crippen LogP contribution is 2.63. The molecule has 0 atom stereocenters. The van der Waals surface area contributed by atoms with E-state index >= 15 is 0 Å². The molecule has 17 rings (SSSR count). The summed E-state index contributed by atoms with van der Waals surface area (Å²) in [7, 11) is 0. The smallest absolute Gasteiger partial charge is 0.0577 e. The minimum Gasteiger partial charge on any atom is -0.0910 e. The van der Waals surface area contributed by atoms with Crippen LogP contribution in [0.25, 0.3) is 0 Å². The van der Waals surface area contributed by atoms with Gasteiger partial charge in [-0.25, -0.2) is 0 Å². The molecule has 0 unspecified atom stereocenters. The van der Waals surface area contributed by atoms with Crippen molar-refractivity contribution in [3.63, 3.8) is 0 Å². The van der Waals surface area contributed by atoms with Crippen LogP contribution in [-0.2, 0) is 0 Å². The highest BCUT2D eigenvalue weighted by Gasteiger charge is 2.53. The van der Waals surface area contributed by atoms with Crippen LogP contribution < -0.4 is 0 Å². The molecule has 1 aromatic rings. The standard InChI is InChI=1S/C54H61/c1-2-48(4-8-52-26-38-14-39(27-52)16-40(15-38)28-52)50(6-10-54-32-44-20-45(33-54)22-46(21-44)34-54)49(5-9-53-29-41-17-42(30-53)19-43(18-41)31-53)47(1)3-7-51-23-35-11-36(24-51)13-37(12-35)25-51/h1,35-46H,11-34H2. The van der Waals surface area contributed by atoms with Gasteiger partial charge in [0.05, 0.1) is 11.1 Å².